The first-order chi connectivity index (χ1) is 8.22. The summed E-state index contributed by atoms with van der Waals surface area (Å²) >= 11 is 0. The molecule has 0 bridgehead atoms. The zero-order valence-corrected chi connectivity index (χ0v) is 8.95. The minimum atomic E-state index is -0.965. The molecule has 0 radical (unpaired) electrons. The first kappa shape index (κ1) is 11.1. The Labute approximate surface area is 96.8 Å². The van der Waals surface area contributed by atoms with Crippen molar-refractivity contribution in [1.29, 1.82) is 0 Å². The lowest BCUT2D eigenvalue weighted by Crippen LogP contribution is -2.29. The van der Waals surface area contributed by atoms with Crippen molar-refractivity contribution in [3.05, 3.63) is 31.4 Å². The molecule has 0 amide bonds. The van der Waals surface area contributed by atoms with Gasteiger partial charge < -0.3 is 10.4 Å². The van der Waals surface area contributed by atoms with Crippen LogP contribution in [0.1, 0.15) is 6.42 Å². The second-order valence-corrected chi connectivity index (χ2v) is 3.40. The summed E-state index contributed by atoms with van der Waals surface area (Å²) in [5.74, 6) is -0.576. The normalized spacial score (nSPS) is 12.2. The number of aliphatic carboxylic acids is 1. The maximum atomic E-state index is 11.0. The van der Waals surface area contributed by atoms with Crippen LogP contribution >= 0.6 is 0 Å². The summed E-state index contributed by atoms with van der Waals surface area (Å²) < 4.78 is 1.65. The van der Waals surface area contributed by atoms with Gasteiger partial charge in [0, 0.05) is 12.4 Å². The zero-order chi connectivity index (χ0) is 12.3. The smallest absolute Gasteiger partial charge is 0.326 e. The molecule has 7 heteroatoms. The van der Waals surface area contributed by atoms with Crippen molar-refractivity contribution in [2.45, 2.75) is 12.5 Å². The van der Waals surface area contributed by atoms with Gasteiger partial charge in [0.25, 0.3) is 0 Å². The Bertz CT molecular complexity index is 550. The van der Waals surface area contributed by atoms with E-state index in [0.717, 1.165) is 0 Å². The standard InChI is InChI=1S/C10H11N5O2/c1-2-3-7(10(16)17)13-8-9-14-12-6-15(9)5-4-11-8/h2,4-7H,1,3H2,(H,11,13)(H,16,17). The summed E-state index contributed by atoms with van der Waals surface area (Å²) in [7, 11) is 0. The molecule has 7 nitrogen and oxygen atoms in total. The van der Waals surface area contributed by atoms with E-state index in [4.69, 9.17) is 5.11 Å². The van der Waals surface area contributed by atoms with E-state index in [1.54, 1.807) is 16.8 Å². The van der Waals surface area contributed by atoms with Gasteiger partial charge in [-0.3, -0.25) is 4.40 Å². The van der Waals surface area contributed by atoms with E-state index >= 15 is 0 Å². The number of hydrogen-bond donors (Lipinski definition) is 2. The molecule has 0 aliphatic carbocycles. The Morgan fingerprint density at radius 1 is 1.71 bits per heavy atom. The van der Waals surface area contributed by atoms with Crippen molar-refractivity contribution >= 4 is 17.4 Å². The molecule has 0 fully saturated rings. The number of fused-ring (bicyclic) bond motifs is 1. The summed E-state index contributed by atoms with van der Waals surface area (Å²) in [4.78, 5) is 15.0. The average molecular weight is 233 g/mol. The van der Waals surface area contributed by atoms with E-state index in [2.05, 4.69) is 27.1 Å². The molecule has 2 N–H and O–H groups in total. The number of hydrogen-bond acceptors (Lipinski definition) is 5. The van der Waals surface area contributed by atoms with Gasteiger partial charge in [0.05, 0.1) is 0 Å². The lowest BCUT2D eigenvalue weighted by atomic mass is 10.2. The second kappa shape index (κ2) is 4.60. The van der Waals surface area contributed by atoms with Gasteiger partial charge >= 0.3 is 5.97 Å². The Balaban J connectivity index is 2.30. The molecule has 2 heterocycles. The summed E-state index contributed by atoms with van der Waals surface area (Å²) in [6.45, 7) is 3.52. The van der Waals surface area contributed by atoms with Crippen LogP contribution in [0.2, 0.25) is 0 Å². The van der Waals surface area contributed by atoms with Gasteiger partial charge in [-0.25, -0.2) is 9.78 Å². The average Bonchev–Trinajstić information content (AvgIpc) is 2.77. The molecular formula is C10H11N5O2. The fraction of sp³-hybridized carbons (Fsp3) is 0.200. The van der Waals surface area contributed by atoms with Gasteiger partial charge in [-0.2, -0.15) is 0 Å². The van der Waals surface area contributed by atoms with Gasteiger partial charge in [-0.1, -0.05) is 6.08 Å². The second-order valence-electron chi connectivity index (χ2n) is 3.40. The molecule has 1 atom stereocenters. The number of anilines is 1. The fourth-order valence-electron chi connectivity index (χ4n) is 1.41. The third kappa shape index (κ3) is 2.22. The van der Waals surface area contributed by atoms with Gasteiger partial charge in [0.2, 0.25) is 5.65 Å². The lowest BCUT2D eigenvalue weighted by molar-refractivity contribution is -0.137. The summed E-state index contributed by atoms with van der Waals surface area (Å²) in [5.41, 5.74) is 0.489. The molecule has 0 spiro atoms. The van der Waals surface area contributed by atoms with Crippen molar-refractivity contribution in [1.82, 2.24) is 19.6 Å². The number of carbonyl (C=O) groups is 1. The van der Waals surface area contributed by atoms with E-state index in [1.807, 2.05) is 0 Å². The third-order valence-electron chi connectivity index (χ3n) is 2.23. The number of carboxylic acid groups (broad SMARTS) is 1. The molecule has 88 valence electrons. The van der Waals surface area contributed by atoms with Crippen LogP contribution in [0.5, 0.6) is 0 Å². The van der Waals surface area contributed by atoms with E-state index in [9.17, 15) is 4.79 Å². The molecule has 2 rings (SSSR count). The molecule has 0 saturated heterocycles. The van der Waals surface area contributed by atoms with Crippen molar-refractivity contribution in [2.24, 2.45) is 0 Å². The maximum absolute atomic E-state index is 11.0. The molecule has 0 aliphatic rings. The van der Waals surface area contributed by atoms with E-state index in [1.165, 1.54) is 12.4 Å². The summed E-state index contributed by atoms with van der Waals surface area (Å²) in [6.07, 6.45) is 6.59. The van der Waals surface area contributed by atoms with Crippen molar-refractivity contribution < 1.29 is 9.90 Å². The minimum Gasteiger partial charge on any atom is -0.480 e. The lowest BCUT2D eigenvalue weighted by Gasteiger charge is -2.12. The van der Waals surface area contributed by atoms with Crippen molar-refractivity contribution in [3.63, 3.8) is 0 Å². The quantitative estimate of drug-likeness (QED) is 0.733. The first-order valence-electron chi connectivity index (χ1n) is 4.97. The largest absolute Gasteiger partial charge is 0.480 e. The zero-order valence-electron chi connectivity index (χ0n) is 8.95. The highest BCUT2D eigenvalue weighted by Crippen LogP contribution is 2.12. The van der Waals surface area contributed by atoms with Crippen molar-refractivity contribution in [2.75, 3.05) is 5.32 Å². The van der Waals surface area contributed by atoms with Crippen molar-refractivity contribution in [3.8, 4) is 0 Å². The molecule has 2 aromatic rings. The van der Waals surface area contributed by atoms with Gasteiger partial charge in [-0.15, -0.1) is 16.8 Å². The Morgan fingerprint density at radius 2 is 2.53 bits per heavy atom. The van der Waals surface area contributed by atoms with Crippen LogP contribution in [-0.2, 0) is 4.79 Å². The van der Waals surface area contributed by atoms with Gasteiger partial charge in [0.15, 0.2) is 5.82 Å². The SMILES string of the molecule is C=CCC(Nc1nccn2cnnc12)C(=O)O. The molecule has 0 aliphatic heterocycles. The third-order valence-corrected chi connectivity index (χ3v) is 2.23. The first-order valence-corrected chi connectivity index (χ1v) is 4.97. The van der Waals surface area contributed by atoms with Gasteiger partial charge in [0.1, 0.15) is 12.4 Å². The van der Waals surface area contributed by atoms with E-state index in [-0.39, 0.29) is 0 Å². The van der Waals surface area contributed by atoms with Crippen LogP contribution in [-0.4, -0.2) is 36.7 Å². The highest BCUT2D eigenvalue weighted by molar-refractivity contribution is 5.79. The molecule has 17 heavy (non-hydrogen) atoms. The van der Waals surface area contributed by atoms with Crippen LogP contribution < -0.4 is 5.32 Å². The topological polar surface area (TPSA) is 92.4 Å². The minimum absolute atomic E-state index is 0.298. The molecule has 0 aromatic carbocycles. The summed E-state index contributed by atoms with van der Waals surface area (Å²) in [5, 5.41) is 19.4. The predicted molar refractivity (Wildman–Crippen MR) is 60.6 cm³/mol. The number of rotatable bonds is 5. The number of carboxylic acids is 1. The molecule has 0 saturated carbocycles. The van der Waals surface area contributed by atoms with Crippen LogP contribution in [0.15, 0.2) is 31.4 Å². The maximum Gasteiger partial charge on any atom is 0.326 e. The van der Waals surface area contributed by atoms with Crippen LogP contribution in [0.25, 0.3) is 5.65 Å². The number of nitrogens with zero attached hydrogens (tertiary/aromatic N) is 4. The Kier molecular flexibility index (Phi) is 2.99. The number of aromatic nitrogens is 4. The molecule has 2 aromatic heterocycles. The number of nitrogens with one attached hydrogen (secondary N) is 1. The van der Waals surface area contributed by atoms with Crippen LogP contribution in [0.3, 0.4) is 0 Å². The monoisotopic (exact) mass is 233 g/mol. The van der Waals surface area contributed by atoms with Crippen LogP contribution in [0.4, 0.5) is 5.82 Å². The fourth-order valence-corrected chi connectivity index (χ4v) is 1.41. The highest BCUT2D eigenvalue weighted by Gasteiger charge is 2.17. The molecule has 1 unspecified atom stereocenters. The Morgan fingerprint density at radius 3 is 3.24 bits per heavy atom. The van der Waals surface area contributed by atoms with E-state index < -0.39 is 12.0 Å². The molecular weight excluding hydrogens is 222 g/mol. The highest BCUT2D eigenvalue weighted by atomic mass is 16.4. The summed E-state index contributed by atoms with van der Waals surface area (Å²) in [6, 6.07) is -0.775. The predicted octanol–water partition coefficient (Wildman–Crippen LogP) is 0.565. The Hall–Kier alpha value is -2.44. The van der Waals surface area contributed by atoms with Crippen LogP contribution in [0, 0.1) is 0 Å². The van der Waals surface area contributed by atoms with E-state index in [0.29, 0.717) is 17.9 Å². The van der Waals surface area contributed by atoms with Gasteiger partial charge in [-0.05, 0) is 6.42 Å².